The van der Waals surface area contributed by atoms with Crippen LogP contribution in [0.4, 0.5) is 0 Å². The number of aliphatic hydroxyl groups is 1. The summed E-state index contributed by atoms with van der Waals surface area (Å²) in [5.41, 5.74) is -1.58. The Kier molecular flexibility index (Phi) is 3.00. The molecule has 1 spiro atoms. The number of carbonyl (C=O) groups excluding carboxylic acids is 2. The Bertz CT molecular complexity index is 914. The summed E-state index contributed by atoms with van der Waals surface area (Å²) >= 11 is 0. The van der Waals surface area contributed by atoms with Crippen LogP contribution in [0.3, 0.4) is 0 Å². The first-order valence-electron chi connectivity index (χ1n) is 11.3. The molecule has 0 radical (unpaired) electrons. The van der Waals surface area contributed by atoms with E-state index in [0.29, 0.717) is 48.9 Å². The molecule has 9 atom stereocenters. The SMILES string of the molecule is C=C1C(=O)O[C@@H]2[C@@H]3[C@@]4(C=C[C@@]3(C)[C@@]3(C4)C(=O)C[C@]4(C(C)C)C[C@@H]43)[C@](C)(O)CC[C@@H]12. The smallest absolute Gasteiger partial charge is 0.334 e. The second kappa shape index (κ2) is 4.74. The molecular formula is C25H32O4. The third-order valence-electron chi connectivity index (χ3n) is 10.9. The van der Waals surface area contributed by atoms with Gasteiger partial charge in [-0.25, -0.2) is 4.79 Å². The van der Waals surface area contributed by atoms with E-state index in [9.17, 15) is 14.7 Å². The molecule has 6 rings (SSSR count). The van der Waals surface area contributed by atoms with Gasteiger partial charge in [0.25, 0.3) is 0 Å². The quantitative estimate of drug-likeness (QED) is 0.416. The van der Waals surface area contributed by atoms with E-state index in [0.717, 1.165) is 6.42 Å². The van der Waals surface area contributed by atoms with Crippen molar-refractivity contribution in [1.82, 2.24) is 0 Å². The highest BCUT2D eigenvalue weighted by Gasteiger charge is 2.86. The molecule has 5 fully saturated rings. The zero-order valence-corrected chi connectivity index (χ0v) is 18.0. The van der Waals surface area contributed by atoms with Crippen LogP contribution >= 0.6 is 0 Å². The minimum absolute atomic E-state index is 0.0548. The van der Waals surface area contributed by atoms with Gasteiger partial charge >= 0.3 is 5.97 Å². The van der Waals surface area contributed by atoms with Crippen LogP contribution in [0.5, 0.6) is 0 Å². The van der Waals surface area contributed by atoms with Crippen LogP contribution in [0.15, 0.2) is 24.3 Å². The third kappa shape index (κ3) is 1.62. The zero-order valence-electron chi connectivity index (χ0n) is 18.0. The number of fused-ring (bicyclic) bond motifs is 4. The fourth-order valence-electron chi connectivity index (χ4n) is 9.16. The van der Waals surface area contributed by atoms with Crippen molar-refractivity contribution in [3.8, 4) is 0 Å². The molecule has 5 aliphatic carbocycles. The molecule has 0 unspecified atom stereocenters. The van der Waals surface area contributed by atoms with Crippen LogP contribution in [0, 0.1) is 45.3 Å². The monoisotopic (exact) mass is 396 g/mol. The molecule has 0 amide bonds. The number of hydrogen-bond donors (Lipinski definition) is 1. The van der Waals surface area contributed by atoms with E-state index in [1.165, 1.54) is 0 Å². The van der Waals surface area contributed by atoms with E-state index in [2.05, 4.69) is 39.5 Å². The van der Waals surface area contributed by atoms with Gasteiger partial charge in [0.2, 0.25) is 0 Å². The summed E-state index contributed by atoms with van der Waals surface area (Å²) in [5, 5.41) is 11.8. The first-order valence-corrected chi connectivity index (χ1v) is 11.3. The Morgan fingerprint density at radius 2 is 1.97 bits per heavy atom. The molecule has 1 aliphatic heterocycles. The average Bonchev–Trinajstić information content (AvgIpc) is 3.02. The number of rotatable bonds is 1. The summed E-state index contributed by atoms with van der Waals surface area (Å²) in [5.74, 6) is 0.852. The Morgan fingerprint density at radius 1 is 1.24 bits per heavy atom. The van der Waals surface area contributed by atoms with Gasteiger partial charge in [-0.1, -0.05) is 39.5 Å². The lowest BCUT2D eigenvalue weighted by Crippen LogP contribution is -2.49. The molecule has 156 valence electrons. The number of ketones is 1. The van der Waals surface area contributed by atoms with Crippen LogP contribution < -0.4 is 0 Å². The molecule has 0 aromatic heterocycles. The van der Waals surface area contributed by atoms with Crippen molar-refractivity contribution in [3.05, 3.63) is 24.3 Å². The molecule has 0 aromatic rings. The van der Waals surface area contributed by atoms with Gasteiger partial charge in [-0.2, -0.15) is 0 Å². The molecule has 29 heavy (non-hydrogen) atoms. The van der Waals surface area contributed by atoms with Gasteiger partial charge < -0.3 is 9.84 Å². The minimum Gasteiger partial charge on any atom is -0.458 e. The topological polar surface area (TPSA) is 63.6 Å². The molecule has 2 bridgehead atoms. The Morgan fingerprint density at radius 3 is 2.62 bits per heavy atom. The lowest BCUT2D eigenvalue weighted by molar-refractivity contribution is -0.148. The Balaban J connectivity index is 1.56. The first kappa shape index (κ1) is 18.4. The summed E-state index contributed by atoms with van der Waals surface area (Å²) < 4.78 is 5.96. The highest BCUT2D eigenvalue weighted by molar-refractivity contribution is 5.94. The van der Waals surface area contributed by atoms with E-state index < -0.39 is 16.4 Å². The maximum atomic E-state index is 13.8. The maximum absolute atomic E-state index is 13.8. The third-order valence-corrected chi connectivity index (χ3v) is 10.9. The van der Waals surface area contributed by atoms with Gasteiger partial charge in [0.05, 0.1) is 5.60 Å². The molecule has 6 aliphatic rings. The summed E-state index contributed by atoms with van der Waals surface area (Å²) in [7, 11) is 0. The lowest BCUT2D eigenvalue weighted by atomic mass is 9.58. The van der Waals surface area contributed by atoms with Crippen LogP contribution in [-0.4, -0.2) is 28.6 Å². The minimum atomic E-state index is -0.926. The van der Waals surface area contributed by atoms with E-state index in [1.54, 1.807) is 0 Å². The number of Topliss-reactive ketones (excluding diaryl/α,β-unsaturated/α-hetero) is 1. The molecule has 4 saturated carbocycles. The Hall–Kier alpha value is -1.42. The highest BCUT2D eigenvalue weighted by Crippen LogP contribution is 2.87. The molecule has 1 saturated heterocycles. The second-order valence-electron chi connectivity index (χ2n) is 11.8. The van der Waals surface area contributed by atoms with E-state index in [4.69, 9.17) is 4.74 Å². The maximum Gasteiger partial charge on any atom is 0.334 e. The van der Waals surface area contributed by atoms with Gasteiger partial charge in [-0.05, 0) is 49.9 Å². The van der Waals surface area contributed by atoms with Crippen molar-refractivity contribution in [2.75, 3.05) is 0 Å². The van der Waals surface area contributed by atoms with Crippen LogP contribution in [0.25, 0.3) is 0 Å². The molecule has 0 aromatic carbocycles. The van der Waals surface area contributed by atoms with E-state index in [1.807, 2.05) is 6.92 Å². The first-order chi connectivity index (χ1) is 13.5. The predicted molar refractivity (Wildman–Crippen MR) is 108 cm³/mol. The van der Waals surface area contributed by atoms with Gasteiger partial charge in [-0.3, -0.25) is 4.79 Å². The van der Waals surface area contributed by atoms with Crippen molar-refractivity contribution in [1.29, 1.82) is 0 Å². The molecule has 1 heterocycles. The van der Waals surface area contributed by atoms with Crippen LogP contribution in [-0.2, 0) is 14.3 Å². The van der Waals surface area contributed by atoms with Gasteiger partial charge in [0.15, 0.2) is 0 Å². The molecule has 4 nitrogen and oxygen atoms in total. The van der Waals surface area contributed by atoms with Crippen molar-refractivity contribution >= 4 is 11.8 Å². The number of ether oxygens (including phenoxy) is 1. The number of esters is 1. The van der Waals surface area contributed by atoms with Gasteiger partial charge in [-0.15, -0.1) is 0 Å². The second-order valence-corrected chi connectivity index (χ2v) is 11.8. The lowest BCUT2D eigenvalue weighted by Gasteiger charge is -2.44. The molecular weight excluding hydrogens is 364 g/mol. The van der Waals surface area contributed by atoms with Gasteiger partial charge in [0.1, 0.15) is 11.9 Å². The fraction of sp³-hybridized carbons (Fsp3) is 0.760. The summed E-state index contributed by atoms with van der Waals surface area (Å²) in [4.78, 5) is 26.2. The zero-order chi connectivity index (χ0) is 20.8. The van der Waals surface area contributed by atoms with Crippen LogP contribution in [0.1, 0.15) is 59.8 Å². The average molecular weight is 397 g/mol. The number of hydrogen-bond acceptors (Lipinski definition) is 4. The van der Waals surface area contributed by atoms with Crippen molar-refractivity contribution in [2.45, 2.75) is 71.5 Å². The summed E-state index contributed by atoms with van der Waals surface area (Å²) in [6.07, 6.45) is 7.95. The normalized spacial score (nSPS) is 59.2. The van der Waals surface area contributed by atoms with Gasteiger partial charge in [0, 0.05) is 40.1 Å². The predicted octanol–water partition coefficient (Wildman–Crippen LogP) is 3.83. The standard InChI is InChI=1S/C25H32O4/c1-13(2)23-10-16(23)25(17(26)11-23)12-24-9-8-21(25,4)19(24)18-15(6-7-22(24,5)28)14(3)20(27)29-18/h8-9,13,15-16,18-19,28H,3,6-7,10-12H2,1-2,4-5H3/t15-,16-,18-,19-,21+,22+,23-,24-,25+/m0/s1. The summed E-state index contributed by atoms with van der Waals surface area (Å²) in [6, 6.07) is 0. The largest absolute Gasteiger partial charge is 0.458 e. The number of allylic oxidation sites excluding steroid dienone is 1. The van der Waals surface area contributed by atoms with E-state index in [-0.39, 0.29) is 34.7 Å². The van der Waals surface area contributed by atoms with Crippen molar-refractivity contribution < 1.29 is 19.4 Å². The van der Waals surface area contributed by atoms with Crippen LogP contribution in [0.2, 0.25) is 0 Å². The fourth-order valence-corrected chi connectivity index (χ4v) is 9.16. The molecule has 1 N–H and O–H groups in total. The van der Waals surface area contributed by atoms with E-state index >= 15 is 0 Å². The highest BCUT2D eigenvalue weighted by atomic mass is 16.6. The summed E-state index contributed by atoms with van der Waals surface area (Å²) in [6.45, 7) is 12.7. The van der Waals surface area contributed by atoms with Crippen molar-refractivity contribution in [2.24, 2.45) is 45.3 Å². The number of carbonyl (C=O) groups is 2. The molecule has 4 heteroatoms. The Labute approximate surface area is 172 Å². The van der Waals surface area contributed by atoms with Crippen molar-refractivity contribution in [3.63, 3.8) is 0 Å².